The molecule has 0 spiro atoms. The maximum absolute atomic E-state index is 8.88. The molecule has 4 nitrogen and oxygen atoms in total. The molecule has 0 saturated carbocycles. The van der Waals surface area contributed by atoms with E-state index in [1.54, 1.807) is 0 Å². The lowest BCUT2D eigenvalue weighted by Crippen LogP contribution is -1.66. The van der Waals surface area contributed by atoms with Crippen LogP contribution in [-0.4, -0.2) is 34.1 Å². The summed E-state index contributed by atoms with van der Waals surface area (Å²) in [7, 11) is -4.64. The molecule has 0 aliphatic heterocycles. The minimum Gasteiger partial charge on any atom is -0.303 e. The van der Waals surface area contributed by atoms with Gasteiger partial charge in [0.2, 0.25) is 0 Å². The van der Waals surface area contributed by atoms with Crippen LogP contribution in [0.3, 0.4) is 0 Å². The lowest BCUT2D eigenvalue weighted by molar-refractivity contribution is 0.275. The van der Waals surface area contributed by atoms with Crippen LogP contribution in [0.2, 0.25) is 0 Å². The molecule has 3 N–H and O–H groups in total. The summed E-state index contributed by atoms with van der Waals surface area (Å²) >= 11 is 0. The first-order chi connectivity index (χ1) is 2.00. The molecular weight excluding hydrogens is 134 g/mol. The maximum atomic E-state index is 8.88. The van der Waals surface area contributed by atoms with Gasteiger partial charge in [-0.25, -0.2) is 4.57 Å². The standard InChI is InChI=1S/BH3.H3O4P.Si/c;1-5(2,3)4;/h1H3;(H3,1,2,3,4);. The van der Waals surface area contributed by atoms with E-state index in [9.17, 15) is 0 Å². The van der Waals surface area contributed by atoms with Crippen LogP contribution in [0.5, 0.6) is 0 Å². The Kier molecular flexibility index (Phi) is 10.2. The molecule has 0 aromatic carbocycles. The van der Waals surface area contributed by atoms with Gasteiger partial charge in [-0.1, -0.05) is 0 Å². The monoisotopic (exact) mass is 140 g/mol. The second kappa shape index (κ2) is 4.55. The van der Waals surface area contributed by atoms with Gasteiger partial charge in [0.1, 0.15) is 0 Å². The van der Waals surface area contributed by atoms with Crippen LogP contribution in [0.25, 0.3) is 0 Å². The van der Waals surface area contributed by atoms with Crippen molar-refractivity contribution in [1.29, 1.82) is 0 Å². The van der Waals surface area contributed by atoms with Crippen molar-refractivity contribution in [2.75, 3.05) is 0 Å². The van der Waals surface area contributed by atoms with E-state index in [2.05, 4.69) is 0 Å². The van der Waals surface area contributed by atoms with E-state index < -0.39 is 7.82 Å². The summed E-state index contributed by atoms with van der Waals surface area (Å²) in [6.45, 7) is 0. The van der Waals surface area contributed by atoms with Gasteiger partial charge in [-0.05, 0) is 0 Å². The average Bonchev–Trinajstić information content (AvgIpc) is 0.722. The SMILES string of the molecule is B.O=P(O)(O)O.[Si]. The van der Waals surface area contributed by atoms with Crippen LogP contribution in [0, 0.1) is 0 Å². The third kappa shape index (κ3) is 803. The highest BCUT2D eigenvalue weighted by Crippen LogP contribution is 2.25. The number of rotatable bonds is 0. The molecule has 0 rings (SSSR count). The molecule has 7 heteroatoms. The topological polar surface area (TPSA) is 77.8 Å². The summed E-state index contributed by atoms with van der Waals surface area (Å²) in [6.07, 6.45) is 0. The quantitative estimate of drug-likeness (QED) is 0.257. The molecule has 0 heterocycles. The fourth-order valence-electron chi connectivity index (χ4n) is 0. The molecule has 0 amide bonds. The molecule has 7 heavy (non-hydrogen) atoms. The second-order valence-electron chi connectivity index (χ2n) is 0.513. The van der Waals surface area contributed by atoms with Crippen molar-refractivity contribution in [3.8, 4) is 0 Å². The van der Waals surface area contributed by atoms with Crippen molar-refractivity contribution in [3.63, 3.8) is 0 Å². The van der Waals surface area contributed by atoms with Crippen molar-refractivity contribution in [2.45, 2.75) is 0 Å². The van der Waals surface area contributed by atoms with E-state index in [-0.39, 0.29) is 19.4 Å². The Hall–Kier alpha value is 0.392. The largest absolute Gasteiger partial charge is 0.466 e. The lowest BCUT2D eigenvalue weighted by Gasteiger charge is -1.82. The van der Waals surface area contributed by atoms with Crippen LogP contribution >= 0.6 is 7.82 Å². The molecule has 0 aliphatic rings. The summed E-state index contributed by atoms with van der Waals surface area (Å²) in [5.74, 6) is 0. The highest BCUT2D eigenvalue weighted by Gasteiger charge is 2.00. The zero-order valence-electron chi connectivity index (χ0n) is 2.70. The van der Waals surface area contributed by atoms with E-state index in [4.69, 9.17) is 19.2 Å². The Morgan fingerprint density at radius 2 is 1.14 bits per heavy atom. The summed E-state index contributed by atoms with van der Waals surface area (Å²) in [4.78, 5) is 21.6. The minimum atomic E-state index is -4.64. The molecule has 0 atom stereocenters. The molecule has 0 aromatic heterocycles. The molecule has 0 aromatic rings. The Balaban J connectivity index is -0.0000000800. The first kappa shape index (κ1) is 15.7. The number of hydrogen-bond acceptors (Lipinski definition) is 1. The molecule has 42 valence electrons. The van der Waals surface area contributed by atoms with Gasteiger partial charge in [-0.3, -0.25) is 0 Å². The van der Waals surface area contributed by atoms with E-state index in [0.717, 1.165) is 0 Å². The third-order valence-corrected chi connectivity index (χ3v) is 0. The van der Waals surface area contributed by atoms with Crippen molar-refractivity contribution in [1.82, 2.24) is 0 Å². The Morgan fingerprint density at radius 1 is 1.14 bits per heavy atom. The summed E-state index contributed by atoms with van der Waals surface area (Å²) in [5, 5.41) is 0. The fourth-order valence-corrected chi connectivity index (χ4v) is 0. The Labute approximate surface area is 47.4 Å². The minimum absolute atomic E-state index is 0. The molecule has 0 bridgehead atoms. The molecular formula is H6BO4PSi. The Morgan fingerprint density at radius 3 is 1.14 bits per heavy atom. The van der Waals surface area contributed by atoms with Crippen LogP contribution in [0.1, 0.15) is 0 Å². The zero-order valence-corrected chi connectivity index (χ0v) is 4.59. The molecule has 4 radical (unpaired) electrons. The molecule has 0 unspecified atom stereocenters. The van der Waals surface area contributed by atoms with Crippen molar-refractivity contribution < 1.29 is 19.2 Å². The van der Waals surface area contributed by atoms with Gasteiger partial charge in [0.25, 0.3) is 0 Å². The van der Waals surface area contributed by atoms with Gasteiger partial charge >= 0.3 is 7.82 Å². The van der Waals surface area contributed by atoms with E-state index in [0.29, 0.717) is 0 Å². The second-order valence-corrected chi connectivity index (χ2v) is 1.54. The third-order valence-electron chi connectivity index (χ3n) is 0. The predicted octanol–water partition coefficient (Wildman–Crippen LogP) is -2.49. The van der Waals surface area contributed by atoms with E-state index >= 15 is 0 Å². The Bertz CT molecular complexity index is 57.8. The highest BCUT2D eigenvalue weighted by molar-refractivity contribution is 7.45. The van der Waals surface area contributed by atoms with Crippen LogP contribution in [0.4, 0.5) is 0 Å². The molecule has 0 saturated heterocycles. The van der Waals surface area contributed by atoms with Gasteiger partial charge < -0.3 is 14.7 Å². The van der Waals surface area contributed by atoms with Gasteiger partial charge in [0.15, 0.2) is 0 Å². The van der Waals surface area contributed by atoms with Crippen molar-refractivity contribution in [2.24, 2.45) is 0 Å². The summed E-state index contributed by atoms with van der Waals surface area (Å²) < 4.78 is 8.88. The maximum Gasteiger partial charge on any atom is 0.466 e. The lowest BCUT2D eigenvalue weighted by atomic mass is 10.8. The first-order valence-corrected chi connectivity index (χ1v) is 2.35. The highest BCUT2D eigenvalue weighted by atomic mass is 31.2. The number of hydrogen-bond donors (Lipinski definition) is 3. The predicted molar refractivity (Wildman–Crippen MR) is 30.0 cm³/mol. The van der Waals surface area contributed by atoms with Gasteiger partial charge in [-0.2, -0.15) is 0 Å². The summed E-state index contributed by atoms with van der Waals surface area (Å²) in [6, 6.07) is 0. The van der Waals surface area contributed by atoms with Crippen LogP contribution in [0.15, 0.2) is 0 Å². The average molecular weight is 140 g/mol. The van der Waals surface area contributed by atoms with Gasteiger partial charge in [0.05, 0.1) is 8.41 Å². The van der Waals surface area contributed by atoms with Crippen LogP contribution in [-0.2, 0) is 4.57 Å². The normalized spacial score (nSPS) is 8.43. The van der Waals surface area contributed by atoms with E-state index in [1.807, 2.05) is 0 Å². The zero-order chi connectivity index (χ0) is 4.50. The van der Waals surface area contributed by atoms with Crippen LogP contribution < -0.4 is 0 Å². The number of phosphoric acid groups is 1. The van der Waals surface area contributed by atoms with Crippen molar-refractivity contribution >= 4 is 27.2 Å². The fraction of sp³-hybridized carbons (Fsp3) is 0. The van der Waals surface area contributed by atoms with E-state index in [1.165, 1.54) is 0 Å². The smallest absolute Gasteiger partial charge is 0.303 e. The van der Waals surface area contributed by atoms with Gasteiger partial charge in [0, 0.05) is 11.0 Å². The summed E-state index contributed by atoms with van der Waals surface area (Å²) in [5.41, 5.74) is 0. The first-order valence-electron chi connectivity index (χ1n) is 0.783. The molecule has 0 aliphatic carbocycles. The van der Waals surface area contributed by atoms with Crippen molar-refractivity contribution in [3.05, 3.63) is 0 Å². The van der Waals surface area contributed by atoms with Gasteiger partial charge in [-0.15, -0.1) is 0 Å². The molecule has 0 fully saturated rings.